The van der Waals surface area contributed by atoms with E-state index in [1.165, 1.54) is 50.1 Å². The molecule has 11 rings (SSSR count). The van der Waals surface area contributed by atoms with Gasteiger partial charge < -0.3 is 0 Å². The van der Waals surface area contributed by atoms with E-state index in [1.54, 1.807) is 0 Å². The zero-order valence-corrected chi connectivity index (χ0v) is 29.9. The summed E-state index contributed by atoms with van der Waals surface area (Å²) in [5.74, 6) is 0.684. The number of hydrogen-bond donors (Lipinski definition) is 0. The minimum Gasteiger partial charge on any atom is -0.265 e. The summed E-state index contributed by atoms with van der Waals surface area (Å²) in [5.41, 5.74) is 19.6. The van der Waals surface area contributed by atoms with Crippen LogP contribution in [0.3, 0.4) is 0 Å². The number of rotatable bonds is 5. The van der Waals surface area contributed by atoms with Crippen LogP contribution in [0.1, 0.15) is 22.3 Å². The summed E-state index contributed by atoms with van der Waals surface area (Å²) < 4.78 is 0. The van der Waals surface area contributed by atoms with Crippen molar-refractivity contribution in [1.82, 2.24) is 15.0 Å². The molecule has 0 radical (unpaired) electrons. The molecule has 9 aromatic rings. The second-order valence-corrected chi connectivity index (χ2v) is 14.4. The lowest BCUT2D eigenvalue weighted by Gasteiger charge is -2.30. The fourth-order valence-electron chi connectivity index (χ4n) is 9.00. The summed E-state index contributed by atoms with van der Waals surface area (Å²) in [4.78, 5) is 14.6. The predicted octanol–water partition coefficient (Wildman–Crippen LogP) is 12.6. The van der Waals surface area contributed by atoms with E-state index in [9.17, 15) is 0 Å². The topological polar surface area (TPSA) is 38.7 Å². The number of fused-ring (bicyclic) bond motifs is 10. The highest BCUT2D eigenvalue weighted by atomic mass is 14.9. The predicted molar refractivity (Wildman–Crippen MR) is 223 cm³/mol. The molecular weight excluding hydrogens is 667 g/mol. The Hall–Kier alpha value is -7.23. The first kappa shape index (κ1) is 31.3. The molecular formula is C52H33N3. The molecule has 0 fully saturated rings. The maximum Gasteiger partial charge on any atom is 0.160 e. The van der Waals surface area contributed by atoms with Crippen molar-refractivity contribution in [2.75, 3.05) is 0 Å². The fourth-order valence-corrected chi connectivity index (χ4v) is 9.00. The lowest BCUT2D eigenvalue weighted by molar-refractivity contribution is 0.794. The minimum atomic E-state index is -0.349. The number of hydrogen-bond acceptors (Lipinski definition) is 3. The van der Waals surface area contributed by atoms with Crippen LogP contribution >= 0.6 is 0 Å². The maximum atomic E-state index is 5.22. The summed E-state index contributed by atoms with van der Waals surface area (Å²) in [5, 5.41) is 0. The van der Waals surface area contributed by atoms with E-state index in [4.69, 9.17) is 9.97 Å². The van der Waals surface area contributed by atoms with Crippen LogP contribution in [-0.4, -0.2) is 15.0 Å². The zero-order chi connectivity index (χ0) is 36.3. The zero-order valence-electron chi connectivity index (χ0n) is 29.9. The molecule has 2 heterocycles. The van der Waals surface area contributed by atoms with Crippen molar-refractivity contribution in [2.45, 2.75) is 5.41 Å². The number of pyridine rings is 1. The van der Waals surface area contributed by atoms with Crippen LogP contribution in [0, 0.1) is 0 Å². The average Bonchev–Trinajstić information content (AvgIpc) is 3.74. The van der Waals surface area contributed by atoms with E-state index in [0.717, 1.165) is 44.8 Å². The molecule has 0 amide bonds. The van der Waals surface area contributed by atoms with Crippen molar-refractivity contribution in [3.8, 4) is 78.4 Å². The molecule has 256 valence electrons. The van der Waals surface area contributed by atoms with Crippen LogP contribution < -0.4 is 0 Å². The summed E-state index contributed by atoms with van der Waals surface area (Å²) in [6.07, 6.45) is 3.62. The van der Waals surface area contributed by atoms with E-state index in [2.05, 4.69) is 175 Å². The molecule has 2 aliphatic carbocycles. The summed E-state index contributed by atoms with van der Waals surface area (Å²) in [6.45, 7) is 0. The normalized spacial score (nSPS) is 12.9. The highest BCUT2D eigenvalue weighted by molar-refractivity contribution is 5.96. The van der Waals surface area contributed by atoms with Gasteiger partial charge in [-0.05, 0) is 103 Å². The van der Waals surface area contributed by atoms with Gasteiger partial charge in [0.05, 0.1) is 16.8 Å². The maximum absolute atomic E-state index is 5.22. The Kier molecular flexibility index (Phi) is 7.08. The summed E-state index contributed by atoms with van der Waals surface area (Å²) >= 11 is 0. The lowest BCUT2D eigenvalue weighted by Crippen LogP contribution is -2.25. The Labute approximate surface area is 320 Å². The molecule has 3 nitrogen and oxygen atoms in total. The van der Waals surface area contributed by atoms with Gasteiger partial charge in [-0.3, -0.25) is 4.98 Å². The standard InChI is InChI=1S/C52H33N3/c1-2-12-34(13-3-1)36-14-11-17-40(31-36)51-54-49(35-26-28-53-29-27-35)33-50(55-51)39-16-10-15-37(30-39)38-24-25-48-44(32-38)43-20-6-9-23-47(43)52(48)45-21-7-4-18-41(45)42-19-5-8-22-46(42)52/h1-33H. The van der Waals surface area contributed by atoms with Crippen molar-refractivity contribution < 1.29 is 0 Å². The third kappa shape index (κ3) is 4.87. The second kappa shape index (κ2) is 12.4. The Morgan fingerprint density at radius 2 is 0.764 bits per heavy atom. The third-order valence-electron chi connectivity index (χ3n) is 11.4. The first-order valence-electron chi connectivity index (χ1n) is 18.8. The highest BCUT2D eigenvalue weighted by Crippen LogP contribution is 2.62. The molecule has 0 bridgehead atoms. The first-order valence-corrected chi connectivity index (χ1v) is 18.8. The van der Waals surface area contributed by atoms with E-state index in [0.29, 0.717) is 5.82 Å². The fraction of sp³-hybridized carbons (Fsp3) is 0.0192. The molecule has 55 heavy (non-hydrogen) atoms. The molecule has 0 saturated carbocycles. The molecule has 2 aliphatic rings. The van der Waals surface area contributed by atoms with E-state index in [1.807, 2.05) is 30.6 Å². The molecule has 2 aromatic heterocycles. The van der Waals surface area contributed by atoms with Crippen LogP contribution in [0.5, 0.6) is 0 Å². The van der Waals surface area contributed by atoms with Crippen molar-refractivity contribution >= 4 is 0 Å². The molecule has 0 saturated heterocycles. The van der Waals surface area contributed by atoms with Crippen LogP contribution in [0.2, 0.25) is 0 Å². The van der Waals surface area contributed by atoms with Gasteiger partial charge in [0.25, 0.3) is 0 Å². The van der Waals surface area contributed by atoms with Gasteiger partial charge in [-0.2, -0.15) is 0 Å². The molecule has 0 N–H and O–H groups in total. The largest absolute Gasteiger partial charge is 0.265 e. The first-order chi connectivity index (χ1) is 27.3. The van der Waals surface area contributed by atoms with Crippen LogP contribution in [-0.2, 0) is 5.41 Å². The summed E-state index contributed by atoms with van der Waals surface area (Å²) in [6, 6.07) is 67.8. The monoisotopic (exact) mass is 699 g/mol. The molecule has 0 unspecified atom stereocenters. The van der Waals surface area contributed by atoms with Crippen LogP contribution in [0.4, 0.5) is 0 Å². The van der Waals surface area contributed by atoms with Gasteiger partial charge in [-0.25, -0.2) is 9.97 Å². The molecule has 3 heteroatoms. The average molecular weight is 700 g/mol. The Morgan fingerprint density at radius 3 is 1.44 bits per heavy atom. The highest BCUT2D eigenvalue weighted by Gasteiger charge is 2.51. The molecule has 0 aliphatic heterocycles. The van der Waals surface area contributed by atoms with Gasteiger partial charge in [-0.1, -0.05) is 152 Å². The van der Waals surface area contributed by atoms with Gasteiger partial charge in [0.1, 0.15) is 0 Å². The third-order valence-corrected chi connectivity index (χ3v) is 11.4. The quantitative estimate of drug-likeness (QED) is 0.179. The number of nitrogens with zero attached hydrogens (tertiary/aromatic N) is 3. The summed E-state index contributed by atoms with van der Waals surface area (Å²) in [7, 11) is 0. The van der Waals surface area contributed by atoms with Gasteiger partial charge in [0, 0.05) is 29.1 Å². The van der Waals surface area contributed by atoms with Crippen molar-refractivity contribution in [3.63, 3.8) is 0 Å². The number of benzene rings is 7. The Balaban J connectivity index is 1.05. The number of aromatic nitrogens is 3. The molecule has 1 spiro atoms. The van der Waals surface area contributed by atoms with E-state index >= 15 is 0 Å². The van der Waals surface area contributed by atoms with E-state index < -0.39 is 0 Å². The van der Waals surface area contributed by atoms with Crippen molar-refractivity contribution in [2.24, 2.45) is 0 Å². The SMILES string of the molecule is c1ccc(-c2cccc(-c3nc(-c4ccncc4)cc(-c4cccc(-c5ccc6c(c5)-c5ccccc5C65c6ccccc6-c6ccccc65)c4)n3)c2)cc1. The minimum absolute atomic E-state index is 0.349. The second-order valence-electron chi connectivity index (χ2n) is 14.4. The molecule has 0 atom stereocenters. The Morgan fingerprint density at radius 1 is 0.291 bits per heavy atom. The van der Waals surface area contributed by atoms with Gasteiger partial charge in [0.15, 0.2) is 5.82 Å². The lowest BCUT2D eigenvalue weighted by atomic mass is 9.70. The van der Waals surface area contributed by atoms with Gasteiger partial charge >= 0.3 is 0 Å². The smallest absolute Gasteiger partial charge is 0.160 e. The van der Waals surface area contributed by atoms with Crippen LogP contribution in [0.25, 0.3) is 78.4 Å². The van der Waals surface area contributed by atoms with Gasteiger partial charge in [-0.15, -0.1) is 0 Å². The van der Waals surface area contributed by atoms with Crippen LogP contribution in [0.15, 0.2) is 200 Å². The van der Waals surface area contributed by atoms with Gasteiger partial charge in [0.2, 0.25) is 0 Å². The van der Waals surface area contributed by atoms with Crippen molar-refractivity contribution in [3.05, 3.63) is 223 Å². The van der Waals surface area contributed by atoms with E-state index in [-0.39, 0.29) is 5.41 Å². The Bertz CT molecular complexity index is 2890. The van der Waals surface area contributed by atoms with Crippen molar-refractivity contribution in [1.29, 1.82) is 0 Å². The molecule has 7 aromatic carbocycles.